The van der Waals surface area contributed by atoms with E-state index in [4.69, 9.17) is 9.47 Å². The molecule has 3 N–H and O–H groups in total. The average molecular weight is 815 g/mol. The standard InChI is InChI=1S/C42H50F4N4O8/c1-40(2,3)58-38(55)48-32-16-8-6-4-5-7-14-28-19-41(28,37(54)47-21-25-11-9-12-26(17-25)35(52)42(44,45)46)20-34(51)33-18-29(23-50(33)36(32)53)57-39(56)49-22-27-13-10-15-31(43)30(27)24-49/h7,9-15,17,28-29,32-33,35,52H,4-6,8,16,18-24H2,1-3H3,(H,47,54)(H,48,55)/b14-7-/t28-,29-,32+,33+,35?,41-/m1/s1. The van der Waals surface area contributed by atoms with Gasteiger partial charge in [-0.3, -0.25) is 19.3 Å². The summed E-state index contributed by atoms with van der Waals surface area (Å²) in [5.74, 6) is -2.31. The van der Waals surface area contributed by atoms with Crippen molar-refractivity contribution in [1.82, 2.24) is 20.4 Å². The fraction of sp³-hybridized carbons (Fsp3) is 0.548. The van der Waals surface area contributed by atoms with Crippen molar-refractivity contribution in [3.63, 3.8) is 0 Å². The van der Waals surface area contributed by atoms with Crippen molar-refractivity contribution in [2.75, 3.05) is 6.54 Å². The van der Waals surface area contributed by atoms with Gasteiger partial charge < -0.3 is 30.1 Å². The summed E-state index contributed by atoms with van der Waals surface area (Å²) in [5, 5.41) is 15.2. The van der Waals surface area contributed by atoms with Crippen molar-refractivity contribution in [3.8, 4) is 0 Å². The molecule has 314 valence electrons. The van der Waals surface area contributed by atoms with Gasteiger partial charge in [-0.05, 0) is 75.1 Å². The molecule has 6 rings (SSSR count). The van der Waals surface area contributed by atoms with Gasteiger partial charge in [0.15, 0.2) is 11.9 Å². The lowest BCUT2D eigenvalue weighted by molar-refractivity contribution is -0.206. The zero-order valence-corrected chi connectivity index (χ0v) is 32.8. The summed E-state index contributed by atoms with van der Waals surface area (Å²) in [6, 6.07) is 7.52. The SMILES string of the molecule is CC(C)(C)OC(=O)N[C@H]1CCCCC/C=C\[C@@H]2C[C@@]2(C(=O)NCc2cccc(C(O)C(F)(F)F)c2)CC(=O)[C@@H]2C[C@@H](OC(=O)N3Cc4cccc(F)c4C3)CN2C1=O. The molecule has 1 aliphatic carbocycles. The van der Waals surface area contributed by atoms with E-state index in [0.717, 1.165) is 18.6 Å². The molecule has 1 saturated carbocycles. The maximum atomic E-state index is 14.5. The van der Waals surface area contributed by atoms with Crippen LogP contribution in [0.5, 0.6) is 0 Å². The molecule has 4 aliphatic rings. The fourth-order valence-corrected chi connectivity index (χ4v) is 8.09. The summed E-state index contributed by atoms with van der Waals surface area (Å²) >= 11 is 0. The summed E-state index contributed by atoms with van der Waals surface area (Å²) in [7, 11) is 0. The second-order valence-electron chi connectivity index (χ2n) is 16.7. The number of fused-ring (bicyclic) bond motifs is 3. The minimum Gasteiger partial charge on any atom is -0.444 e. The molecule has 0 aromatic heterocycles. The zero-order valence-electron chi connectivity index (χ0n) is 32.8. The monoisotopic (exact) mass is 814 g/mol. The lowest BCUT2D eigenvalue weighted by atomic mass is 9.90. The molecule has 2 fully saturated rings. The molecule has 1 saturated heterocycles. The third-order valence-electron chi connectivity index (χ3n) is 11.2. The van der Waals surface area contributed by atoms with Gasteiger partial charge in [0.1, 0.15) is 23.6 Å². The number of rotatable bonds is 6. The Bertz CT molecular complexity index is 1930. The van der Waals surface area contributed by atoms with Gasteiger partial charge in [-0.15, -0.1) is 0 Å². The molecule has 12 nitrogen and oxygen atoms in total. The van der Waals surface area contributed by atoms with Gasteiger partial charge in [-0.25, -0.2) is 14.0 Å². The highest BCUT2D eigenvalue weighted by Gasteiger charge is 2.60. The van der Waals surface area contributed by atoms with Crippen LogP contribution < -0.4 is 10.6 Å². The van der Waals surface area contributed by atoms with E-state index in [-0.39, 0.29) is 56.9 Å². The van der Waals surface area contributed by atoms with Crippen molar-refractivity contribution < 1.29 is 56.1 Å². The van der Waals surface area contributed by atoms with Gasteiger partial charge in [-0.2, -0.15) is 13.2 Å². The Labute approximate surface area is 334 Å². The van der Waals surface area contributed by atoms with Gasteiger partial charge >= 0.3 is 18.4 Å². The molecular weight excluding hydrogens is 764 g/mol. The number of Topliss-reactive ketones (excluding diaryl/α,β-unsaturated/α-hetero) is 1. The zero-order chi connectivity index (χ0) is 42.0. The van der Waals surface area contributed by atoms with Crippen molar-refractivity contribution in [3.05, 3.63) is 82.7 Å². The number of nitrogens with zero attached hydrogens (tertiary/aromatic N) is 2. The minimum atomic E-state index is -4.88. The second-order valence-corrected chi connectivity index (χ2v) is 16.7. The van der Waals surface area contributed by atoms with Gasteiger partial charge in [0.25, 0.3) is 0 Å². The molecule has 58 heavy (non-hydrogen) atoms. The van der Waals surface area contributed by atoms with Crippen molar-refractivity contribution in [2.45, 2.75) is 128 Å². The summed E-state index contributed by atoms with van der Waals surface area (Å²) in [4.78, 5) is 71.9. The maximum absolute atomic E-state index is 14.5. The third kappa shape index (κ3) is 9.99. The predicted molar refractivity (Wildman–Crippen MR) is 201 cm³/mol. The predicted octanol–water partition coefficient (Wildman–Crippen LogP) is 6.54. The maximum Gasteiger partial charge on any atom is 0.418 e. The van der Waals surface area contributed by atoms with E-state index in [2.05, 4.69) is 10.6 Å². The first-order valence-electron chi connectivity index (χ1n) is 19.7. The van der Waals surface area contributed by atoms with Gasteiger partial charge in [0.05, 0.1) is 24.5 Å². The molecule has 2 aromatic rings. The first kappa shape index (κ1) is 42.6. The van der Waals surface area contributed by atoms with E-state index in [1.807, 2.05) is 12.2 Å². The van der Waals surface area contributed by atoms with Crippen LogP contribution >= 0.6 is 0 Å². The van der Waals surface area contributed by atoms with Crippen LogP contribution in [0.4, 0.5) is 27.2 Å². The summed E-state index contributed by atoms with van der Waals surface area (Å²) in [6.07, 6.45) is -3.35. The Morgan fingerprint density at radius 1 is 1.03 bits per heavy atom. The largest absolute Gasteiger partial charge is 0.444 e. The number of ketones is 1. The normalized spacial score (nSPS) is 26.3. The smallest absolute Gasteiger partial charge is 0.418 e. The van der Waals surface area contributed by atoms with Crippen molar-refractivity contribution in [2.24, 2.45) is 11.3 Å². The number of carbonyl (C=O) groups excluding carboxylic acids is 5. The van der Waals surface area contributed by atoms with E-state index < -0.39 is 77.1 Å². The van der Waals surface area contributed by atoms with Crippen LogP contribution in [0.2, 0.25) is 0 Å². The number of benzene rings is 2. The van der Waals surface area contributed by atoms with Crippen LogP contribution in [0.1, 0.15) is 100 Å². The van der Waals surface area contributed by atoms with Gasteiger partial charge in [0, 0.05) is 31.5 Å². The number of nitrogens with one attached hydrogen (secondary N) is 2. The second kappa shape index (κ2) is 17.1. The van der Waals surface area contributed by atoms with Crippen LogP contribution in [0.15, 0.2) is 54.6 Å². The van der Waals surface area contributed by atoms with Crippen molar-refractivity contribution >= 4 is 29.8 Å². The Hall–Kier alpha value is -4.99. The number of halogens is 4. The Morgan fingerprint density at radius 2 is 1.79 bits per heavy atom. The molecule has 1 unspecified atom stereocenters. The number of amides is 4. The molecule has 4 amide bonds. The van der Waals surface area contributed by atoms with Gasteiger partial charge in [-0.1, -0.05) is 61.4 Å². The number of hydrogen-bond donors (Lipinski definition) is 3. The highest BCUT2D eigenvalue weighted by molar-refractivity contribution is 5.97. The Kier molecular flexibility index (Phi) is 12.5. The van der Waals surface area contributed by atoms with Crippen LogP contribution in [0, 0.1) is 17.2 Å². The first-order valence-corrected chi connectivity index (χ1v) is 19.7. The molecule has 3 aliphatic heterocycles. The van der Waals surface area contributed by atoms with Crippen LogP contribution in [0.25, 0.3) is 0 Å². The molecule has 3 heterocycles. The number of alkyl halides is 3. The third-order valence-corrected chi connectivity index (χ3v) is 11.2. The molecule has 0 spiro atoms. The molecular formula is C42H50F4N4O8. The number of alkyl carbamates (subject to hydrolysis) is 1. The highest BCUT2D eigenvalue weighted by atomic mass is 19.4. The van der Waals surface area contributed by atoms with E-state index in [0.29, 0.717) is 42.4 Å². The first-order chi connectivity index (χ1) is 27.3. The Balaban J connectivity index is 1.23. The van der Waals surface area contributed by atoms with Crippen LogP contribution in [-0.4, -0.2) is 81.2 Å². The molecule has 6 atom stereocenters. The number of ether oxygens (including phenoxy) is 2. The van der Waals surface area contributed by atoms with Crippen molar-refractivity contribution in [1.29, 1.82) is 0 Å². The highest BCUT2D eigenvalue weighted by Crippen LogP contribution is 2.57. The number of hydrogen-bond acceptors (Lipinski definition) is 8. The van der Waals surface area contributed by atoms with Crippen LogP contribution in [-0.2, 0) is 43.5 Å². The number of aliphatic hydroxyl groups is 1. The molecule has 0 radical (unpaired) electrons. The molecule has 0 bridgehead atoms. The summed E-state index contributed by atoms with van der Waals surface area (Å²) < 4.78 is 65.4. The lowest BCUT2D eigenvalue weighted by Crippen LogP contribution is -2.53. The number of aliphatic hydroxyl groups excluding tert-OH is 1. The minimum absolute atomic E-state index is 0.0137. The lowest BCUT2D eigenvalue weighted by Gasteiger charge is -2.30. The van der Waals surface area contributed by atoms with Gasteiger partial charge in [0.2, 0.25) is 11.8 Å². The van der Waals surface area contributed by atoms with Crippen LogP contribution in [0.3, 0.4) is 0 Å². The summed E-state index contributed by atoms with van der Waals surface area (Å²) in [5.41, 5.74) is -1.13. The molecule has 2 aromatic carbocycles. The Morgan fingerprint density at radius 3 is 2.52 bits per heavy atom. The topological polar surface area (TPSA) is 155 Å². The van der Waals surface area contributed by atoms with E-state index in [1.54, 1.807) is 32.9 Å². The van der Waals surface area contributed by atoms with E-state index in [1.165, 1.54) is 28.0 Å². The summed E-state index contributed by atoms with van der Waals surface area (Å²) in [6.45, 7) is 4.82. The number of allylic oxidation sites excluding steroid dienone is 2. The molecule has 16 heteroatoms. The van der Waals surface area contributed by atoms with E-state index >= 15 is 0 Å². The average Bonchev–Trinajstić information content (AvgIpc) is 3.44. The quantitative estimate of drug-likeness (QED) is 0.220. The van der Waals surface area contributed by atoms with E-state index in [9.17, 15) is 46.6 Å². The fourth-order valence-electron chi connectivity index (χ4n) is 8.09. The number of carbonyl (C=O) groups is 5.